The Labute approximate surface area is 106 Å². The van der Waals surface area contributed by atoms with Gasteiger partial charge in [-0.2, -0.15) is 0 Å². The number of carbonyl (C=O) groups is 1. The highest BCUT2D eigenvalue weighted by Crippen LogP contribution is 2.20. The Hall–Kier alpha value is -1.68. The van der Waals surface area contributed by atoms with Crippen LogP contribution in [0.1, 0.15) is 22.6 Å². The lowest BCUT2D eigenvalue weighted by atomic mass is 10.0. The van der Waals surface area contributed by atoms with Crippen LogP contribution < -0.4 is 0 Å². The number of hydrogen-bond acceptors (Lipinski definition) is 3. The Kier molecular flexibility index (Phi) is 2.88. The molecule has 0 bridgehead atoms. The third-order valence-corrected chi connectivity index (χ3v) is 3.77. The van der Waals surface area contributed by atoms with Crippen LogP contribution >= 0.6 is 0 Å². The monoisotopic (exact) mass is 243 g/mol. The van der Waals surface area contributed by atoms with Gasteiger partial charge in [-0.25, -0.2) is 4.98 Å². The summed E-state index contributed by atoms with van der Waals surface area (Å²) >= 11 is 0. The fourth-order valence-corrected chi connectivity index (χ4v) is 2.80. The molecule has 1 unspecified atom stereocenters. The topological polar surface area (TPSA) is 37.6 Å². The predicted octanol–water partition coefficient (Wildman–Crippen LogP) is 1.64. The molecule has 0 aromatic carbocycles. The molecule has 0 amide bonds. The van der Waals surface area contributed by atoms with Gasteiger partial charge in [0.2, 0.25) is 0 Å². The second kappa shape index (κ2) is 4.53. The number of hydrogen-bond donors (Lipinski definition) is 0. The fourth-order valence-electron chi connectivity index (χ4n) is 2.80. The summed E-state index contributed by atoms with van der Waals surface area (Å²) in [7, 11) is 2.16. The Balaban J connectivity index is 1.91. The molecule has 0 spiro atoms. The molecule has 94 valence electrons. The Morgan fingerprint density at radius 2 is 2.44 bits per heavy atom. The number of fused-ring (bicyclic) bond motifs is 1. The van der Waals surface area contributed by atoms with Crippen LogP contribution in [0.2, 0.25) is 0 Å². The lowest BCUT2D eigenvalue weighted by molar-refractivity contribution is 0.112. The van der Waals surface area contributed by atoms with Crippen LogP contribution in [0.25, 0.3) is 5.52 Å². The summed E-state index contributed by atoms with van der Waals surface area (Å²) in [6.07, 6.45) is 6.91. The molecule has 4 nitrogen and oxygen atoms in total. The van der Waals surface area contributed by atoms with Crippen LogP contribution in [-0.4, -0.2) is 40.7 Å². The average Bonchev–Trinajstić information content (AvgIpc) is 2.97. The first kappa shape index (κ1) is 11.4. The van der Waals surface area contributed by atoms with Gasteiger partial charge in [-0.15, -0.1) is 0 Å². The van der Waals surface area contributed by atoms with E-state index in [2.05, 4.69) is 16.9 Å². The third kappa shape index (κ3) is 1.93. The number of pyridine rings is 1. The van der Waals surface area contributed by atoms with Crippen molar-refractivity contribution >= 4 is 11.8 Å². The van der Waals surface area contributed by atoms with Gasteiger partial charge in [-0.1, -0.05) is 0 Å². The Bertz CT molecular complexity index is 575. The molecule has 1 atom stereocenters. The van der Waals surface area contributed by atoms with Gasteiger partial charge in [0.05, 0.1) is 11.7 Å². The van der Waals surface area contributed by atoms with Gasteiger partial charge in [-0.3, -0.25) is 4.79 Å². The normalized spacial score (nSPS) is 20.6. The smallest absolute Gasteiger partial charge is 0.152 e. The number of imidazole rings is 1. The molecule has 0 aliphatic carbocycles. The number of carbonyl (C=O) groups excluding carboxylic acids is 1. The minimum Gasteiger partial charge on any atom is -0.306 e. The number of aromatic nitrogens is 2. The maximum Gasteiger partial charge on any atom is 0.152 e. The summed E-state index contributed by atoms with van der Waals surface area (Å²) in [6.45, 7) is 2.32. The molecule has 1 aliphatic heterocycles. The van der Waals surface area contributed by atoms with Crippen LogP contribution in [0.15, 0.2) is 24.5 Å². The molecule has 1 fully saturated rings. The van der Waals surface area contributed by atoms with E-state index >= 15 is 0 Å². The van der Waals surface area contributed by atoms with Crippen LogP contribution in [-0.2, 0) is 6.42 Å². The van der Waals surface area contributed by atoms with Crippen molar-refractivity contribution in [3.05, 3.63) is 35.9 Å². The summed E-state index contributed by atoms with van der Waals surface area (Å²) in [6, 6.07) is 3.74. The number of likely N-dealkylation sites (tertiary alicyclic amines) is 1. The van der Waals surface area contributed by atoms with E-state index in [0.717, 1.165) is 30.6 Å². The molecule has 4 heteroatoms. The summed E-state index contributed by atoms with van der Waals surface area (Å²) in [5.74, 6) is 1.74. The van der Waals surface area contributed by atoms with E-state index in [1.54, 1.807) is 6.20 Å². The first-order valence-corrected chi connectivity index (χ1v) is 6.36. The van der Waals surface area contributed by atoms with Gasteiger partial charge in [0, 0.05) is 24.7 Å². The first-order valence-electron chi connectivity index (χ1n) is 6.36. The van der Waals surface area contributed by atoms with Crippen molar-refractivity contribution in [3.8, 4) is 0 Å². The van der Waals surface area contributed by atoms with Crippen molar-refractivity contribution in [2.24, 2.45) is 5.92 Å². The molecular formula is C14H17N3O. The van der Waals surface area contributed by atoms with Crippen molar-refractivity contribution in [3.63, 3.8) is 0 Å². The molecule has 0 N–H and O–H groups in total. The quantitative estimate of drug-likeness (QED) is 0.769. The lowest BCUT2D eigenvalue weighted by Gasteiger charge is -2.09. The SMILES string of the molecule is CN1CCC(Cc2ncc3c(C=O)cccn23)C1. The van der Waals surface area contributed by atoms with E-state index in [-0.39, 0.29) is 0 Å². The highest BCUT2D eigenvalue weighted by molar-refractivity contribution is 5.85. The molecule has 1 saturated heterocycles. The Morgan fingerprint density at radius 3 is 3.17 bits per heavy atom. The van der Waals surface area contributed by atoms with Gasteiger partial charge < -0.3 is 9.30 Å². The van der Waals surface area contributed by atoms with Gasteiger partial charge in [0.1, 0.15) is 5.82 Å². The van der Waals surface area contributed by atoms with E-state index in [9.17, 15) is 4.79 Å². The predicted molar refractivity (Wildman–Crippen MR) is 69.9 cm³/mol. The van der Waals surface area contributed by atoms with Gasteiger partial charge in [-0.05, 0) is 38.1 Å². The van der Waals surface area contributed by atoms with Crippen LogP contribution in [0.3, 0.4) is 0 Å². The summed E-state index contributed by atoms with van der Waals surface area (Å²) < 4.78 is 2.04. The van der Waals surface area contributed by atoms with Crippen molar-refractivity contribution in [2.45, 2.75) is 12.8 Å². The average molecular weight is 243 g/mol. The second-order valence-corrected chi connectivity index (χ2v) is 5.13. The van der Waals surface area contributed by atoms with Crippen molar-refractivity contribution < 1.29 is 4.79 Å². The highest BCUT2D eigenvalue weighted by atomic mass is 16.1. The highest BCUT2D eigenvalue weighted by Gasteiger charge is 2.21. The zero-order valence-corrected chi connectivity index (χ0v) is 10.5. The van der Waals surface area contributed by atoms with Crippen LogP contribution in [0.4, 0.5) is 0 Å². The summed E-state index contributed by atoms with van der Waals surface area (Å²) in [5.41, 5.74) is 1.62. The molecule has 2 aromatic heterocycles. The molecule has 18 heavy (non-hydrogen) atoms. The van der Waals surface area contributed by atoms with E-state index in [1.165, 1.54) is 13.0 Å². The van der Waals surface area contributed by atoms with Crippen LogP contribution in [0.5, 0.6) is 0 Å². The van der Waals surface area contributed by atoms with Gasteiger partial charge in [0.15, 0.2) is 6.29 Å². The molecule has 0 radical (unpaired) electrons. The number of rotatable bonds is 3. The molecule has 3 heterocycles. The summed E-state index contributed by atoms with van der Waals surface area (Å²) in [5, 5.41) is 0. The third-order valence-electron chi connectivity index (χ3n) is 3.77. The molecule has 1 aliphatic rings. The maximum absolute atomic E-state index is 11.0. The number of aldehydes is 1. The maximum atomic E-state index is 11.0. The molecular weight excluding hydrogens is 226 g/mol. The van der Waals surface area contributed by atoms with Crippen molar-refractivity contribution in [2.75, 3.05) is 20.1 Å². The first-order chi connectivity index (χ1) is 8.78. The van der Waals surface area contributed by atoms with Gasteiger partial charge >= 0.3 is 0 Å². The van der Waals surface area contributed by atoms with Gasteiger partial charge in [0.25, 0.3) is 0 Å². The Morgan fingerprint density at radius 1 is 1.56 bits per heavy atom. The molecule has 3 rings (SSSR count). The van der Waals surface area contributed by atoms with Crippen molar-refractivity contribution in [1.29, 1.82) is 0 Å². The zero-order valence-electron chi connectivity index (χ0n) is 10.5. The summed E-state index contributed by atoms with van der Waals surface area (Å²) in [4.78, 5) is 17.8. The lowest BCUT2D eigenvalue weighted by Crippen LogP contribution is -2.15. The van der Waals surface area contributed by atoms with E-state index in [4.69, 9.17) is 0 Å². The number of nitrogens with zero attached hydrogens (tertiary/aromatic N) is 3. The zero-order chi connectivity index (χ0) is 12.5. The minimum atomic E-state index is 0.681. The van der Waals surface area contributed by atoms with Crippen molar-refractivity contribution in [1.82, 2.24) is 14.3 Å². The standard InChI is InChI=1S/C14H17N3O/c1-16-6-4-11(9-16)7-14-15-8-13-12(10-18)3-2-5-17(13)14/h2-3,5,8,10-11H,4,6-7,9H2,1H3. The fraction of sp³-hybridized carbons (Fsp3) is 0.429. The molecule has 2 aromatic rings. The minimum absolute atomic E-state index is 0.681. The van der Waals surface area contributed by atoms with E-state index in [1.807, 2.05) is 22.7 Å². The van der Waals surface area contributed by atoms with Crippen LogP contribution in [0, 0.1) is 5.92 Å². The van der Waals surface area contributed by atoms with E-state index in [0.29, 0.717) is 11.5 Å². The second-order valence-electron chi connectivity index (χ2n) is 5.13. The van der Waals surface area contributed by atoms with E-state index < -0.39 is 0 Å². The largest absolute Gasteiger partial charge is 0.306 e. The molecule has 0 saturated carbocycles.